The molecule has 0 fully saturated rings. The predicted octanol–water partition coefficient (Wildman–Crippen LogP) is 4.87. The van der Waals surface area contributed by atoms with Crippen molar-refractivity contribution in [2.24, 2.45) is 0 Å². The van der Waals surface area contributed by atoms with Gasteiger partial charge in [-0.1, -0.05) is 44.2 Å². The number of anilines is 2. The van der Waals surface area contributed by atoms with Crippen LogP contribution >= 0.6 is 0 Å². The van der Waals surface area contributed by atoms with Gasteiger partial charge < -0.3 is 10.1 Å². The molecule has 0 aliphatic heterocycles. The van der Waals surface area contributed by atoms with Crippen LogP contribution in [0.1, 0.15) is 35.7 Å². The number of nitrogens with one attached hydrogen (secondary N) is 2. The second kappa shape index (κ2) is 9.00. The summed E-state index contributed by atoms with van der Waals surface area (Å²) in [6, 6.07) is 20.1. The summed E-state index contributed by atoms with van der Waals surface area (Å²) in [5.41, 5.74) is 2.48. The molecule has 3 rings (SSSR count). The fourth-order valence-corrected chi connectivity index (χ4v) is 4.10. The molecule has 0 saturated heterocycles. The molecule has 0 unspecified atom stereocenters. The highest BCUT2D eigenvalue weighted by Gasteiger charge is 2.17. The number of benzene rings is 3. The minimum absolute atomic E-state index is 0.0486. The SMILES string of the molecule is COc1ccccc1NS(=O)(=O)c1ccc(C(=O)Nc2ccccc2C(C)C)cc1. The monoisotopic (exact) mass is 424 g/mol. The lowest BCUT2D eigenvalue weighted by atomic mass is 10.0. The molecular weight excluding hydrogens is 400 g/mol. The molecule has 0 heterocycles. The summed E-state index contributed by atoms with van der Waals surface area (Å²) in [6.45, 7) is 4.11. The van der Waals surface area contributed by atoms with Crippen molar-refractivity contribution in [1.82, 2.24) is 0 Å². The molecule has 0 bridgehead atoms. The first-order chi connectivity index (χ1) is 14.3. The van der Waals surface area contributed by atoms with Crippen LogP contribution in [0, 0.1) is 0 Å². The number of hydrogen-bond acceptors (Lipinski definition) is 4. The molecule has 156 valence electrons. The third-order valence-electron chi connectivity index (χ3n) is 4.61. The van der Waals surface area contributed by atoms with Gasteiger partial charge in [-0.05, 0) is 53.9 Å². The van der Waals surface area contributed by atoms with Gasteiger partial charge in [-0.3, -0.25) is 9.52 Å². The third kappa shape index (κ3) is 4.80. The van der Waals surface area contributed by atoms with E-state index in [1.54, 1.807) is 24.3 Å². The maximum atomic E-state index is 12.7. The molecule has 1 amide bonds. The maximum absolute atomic E-state index is 12.7. The summed E-state index contributed by atoms with van der Waals surface area (Å²) in [7, 11) is -2.36. The molecule has 7 heteroatoms. The fourth-order valence-electron chi connectivity index (χ4n) is 3.03. The first-order valence-corrected chi connectivity index (χ1v) is 11.0. The average Bonchev–Trinajstić information content (AvgIpc) is 2.74. The molecule has 6 nitrogen and oxygen atoms in total. The Kier molecular flexibility index (Phi) is 6.42. The first-order valence-electron chi connectivity index (χ1n) is 9.48. The van der Waals surface area contributed by atoms with E-state index in [0.717, 1.165) is 11.3 Å². The Balaban J connectivity index is 1.78. The first kappa shape index (κ1) is 21.4. The smallest absolute Gasteiger partial charge is 0.262 e. The molecule has 3 aromatic carbocycles. The van der Waals surface area contributed by atoms with E-state index >= 15 is 0 Å². The number of hydrogen-bond donors (Lipinski definition) is 2. The van der Waals surface area contributed by atoms with E-state index < -0.39 is 10.0 Å². The zero-order valence-electron chi connectivity index (χ0n) is 17.0. The lowest BCUT2D eigenvalue weighted by molar-refractivity contribution is 0.102. The van der Waals surface area contributed by atoms with E-state index in [1.165, 1.54) is 31.4 Å². The van der Waals surface area contributed by atoms with Crippen molar-refractivity contribution in [1.29, 1.82) is 0 Å². The van der Waals surface area contributed by atoms with Crippen LogP contribution in [0.4, 0.5) is 11.4 Å². The Morgan fingerprint density at radius 1 is 0.867 bits per heavy atom. The Morgan fingerprint density at radius 2 is 1.47 bits per heavy atom. The quantitative estimate of drug-likeness (QED) is 0.567. The van der Waals surface area contributed by atoms with Gasteiger partial charge in [0.1, 0.15) is 5.75 Å². The van der Waals surface area contributed by atoms with Crippen LogP contribution in [0.2, 0.25) is 0 Å². The largest absolute Gasteiger partial charge is 0.495 e. The van der Waals surface area contributed by atoms with E-state index in [9.17, 15) is 13.2 Å². The van der Waals surface area contributed by atoms with E-state index in [1.807, 2.05) is 24.3 Å². The highest BCUT2D eigenvalue weighted by Crippen LogP contribution is 2.27. The summed E-state index contributed by atoms with van der Waals surface area (Å²) < 4.78 is 33.1. The topological polar surface area (TPSA) is 84.5 Å². The number of sulfonamides is 1. The number of rotatable bonds is 7. The number of ether oxygens (including phenoxy) is 1. The number of amides is 1. The van der Waals surface area contributed by atoms with Gasteiger partial charge in [0.25, 0.3) is 15.9 Å². The third-order valence-corrected chi connectivity index (χ3v) is 5.99. The van der Waals surface area contributed by atoms with E-state index in [2.05, 4.69) is 23.9 Å². The zero-order valence-corrected chi connectivity index (χ0v) is 17.9. The van der Waals surface area contributed by atoms with Crippen molar-refractivity contribution in [3.63, 3.8) is 0 Å². The number of methoxy groups -OCH3 is 1. The van der Waals surface area contributed by atoms with E-state index in [-0.39, 0.29) is 16.7 Å². The maximum Gasteiger partial charge on any atom is 0.262 e. The summed E-state index contributed by atoms with van der Waals surface area (Å²) in [5.74, 6) is 0.376. The fraction of sp³-hybridized carbons (Fsp3) is 0.174. The Labute approximate surface area is 177 Å². The lowest BCUT2D eigenvalue weighted by Crippen LogP contribution is -2.16. The summed E-state index contributed by atoms with van der Waals surface area (Å²) in [5, 5.41) is 2.90. The molecule has 3 aromatic rings. The molecule has 30 heavy (non-hydrogen) atoms. The van der Waals surface area contributed by atoms with Crippen LogP contribution in [0.5, 0.6) is 5.75 Å². The number of carbonyl (C=O) groups excluding carboxylic acids is 1. The Morgan fingerprint density at radius 3 is 2.10 bits per heavy atom. The Hall–Kier alpha value is -3.32. The van der Waals surface area contributed by atoms with Crippen molar-refractivity contribution in [2.45, 2.75) is 24.7 Å². The van der Waals surface area contributed by atoms with Gasteiger partial charge in [-0.15, -0.1) is 0 Å². The van der Waals surface area contributed by atoms with Gasteiger partial charge in [0.15, 0.2) is 0 Å². The van der Waals surface area contributed by atoms with Crippen molar-refractivity contribution >= 4 is 27.3 Å². The lowest BCUT2D eigenvalue weighted by Gasteiger charge is -2.14. The molecule has 0 aromatic heterocycles. The standard InChI is InChI=1S/C23H24N2O4S/c1-16(2)19-8-4-5-9-20(19)24-23(26)17-12-14-18(15-13-17)30(27,28)25-21-10-6-7-11-22(21)29-3/h4-16,25H,1-3H3,(H,24,26). The van der Waals surface area contributed by atoms with Crippen LogP contribution in [0.25, 0.3) is 0 Å². The minimum atomic E-state index is -3.83. The van der Waals surface area contributed by atoms with E-state index in [4.69, 9.17) is 4.74 Å². The molecule has 0 saturated carbocycles. The normalized spacial score (nSPS) is 11.2. The van der Waals surface area contributed by atoms with Crippen LogP contribution < -0.4 is 14.8 Å². The van der Waals surface area contributed by atoms with Crippen molar-refractivity contribution < 1.29 is 17.9 Å². The van der Waals surface area contributed by atoms with Crippen LogP contribution in [0.3, 0.4) is 0 Å². The summed E-state index contributed by atoms with van der Waals surface area (Å²) in [6.07, 6.45) is 0. The number of para-hydroxylation sites is 3. The van der Waals surface area contributed by atoms with Gasteiger partial charge in [0, 0.05) is 11.3 Å². The highest BCUT2D eigenvalue weighted by atomic mass is 32.2. The molecule has 0 spiro atoms. The molecule has 0 aliphatic rings. The van der Waals surface area contributed by atoms with Crippen LogP contribution in [0.15, 0.2) is 77.7 Å². The molecule has 0 radical (unpaired) electrons. The second-order valence-electron chi connectivity index (χ2n) is 7.03. The highest BCUT2D eigenvalue weighted by molar-refractivity contribution is 7.92. The van der Waals surface area contributed by atoms with Gasteiger partial charge >= 0.3 is 0 Å². The van der Waals surface area contributed by atoms with Gasteiger partial charge in [0.2, 0.25) is 0 Å². The van der Waals surface area contributed by atoms with Crippen molar-refractivity contribution in [3.8, 4) is 5.75 Å². The van der Waals surface area contributed by atoms with Gasteiger partial charge in [-0.25, -0.2) is 8.42 Å². The van der Waals surface area contributed by atoms with Gasteiger partial charge in [-0.2, -0.15) is 0 Å². The molecule has 0 atom stereocenters. The molecular formula is C23H24N2O4S. The van der Waals surface area contributed by atoms with Crippen LogP contribution in [-0.2, 0) is 10.0 Å². The molecule has 0 aliphatic carbocycles. The average molecular weight is 425 g/mol. The van der Waals surface area contributed by atoms with E-state index in [0.29, 0.717) is 17.0 Å². The Bertz CT molecular complexity index is 1140. The second-order valence-corrected chi connectivity index (χ2v) is 8.71. The summed E-state index contributed by atoms with van der Waals surface area (Å²) in [4.78, 5) is 12.7. The summed E-state index contributed by atoms with van der Waals surface area (Å²) >= 11 is 0. The zero-order chi connectivity index (χ0) is 21.7. The minimum Gasteiger partial charge on any atom is -0.495 e. The van der Waals surface area contributed by atoms with Crippen LogP contribution in [-0.4, -0.2) is 21.4 Å². The van der Waals surface area contributed by atoms with Crippen molar-refractivity contribution in [3.05, 3.63) is 83.9 Å². The predicted molar refractivity (Wildman–Crippen MR) is 119 cm³/mol. The van der Waals surface area contributed by atoms with Gasteiger partial charge in [0.05, 0.1) is 17.7 Å². The van der Waals surface area contributed by atoms with Crippen molar-refractivity contribution in [2.75, 3.05) is 17.1 Å². The number of carbonyl (C=O) groups is 1. The molecule has 2 N–H and O–H groups in total.